The first kappa shape index (κ1) is 22.5. The van der Waals surface area contributed by atoms with Crippen molar-refractivity contribution in [2.24, 2.45) is 0 Å². The summed E-state index contributed by atoms with van der Waals surface area (Å²) in [6.45, 7) is 1.78. The summed E-state index contributed by atoms with van der Waals surface area (Å²) >= 11 is 3.18. The van der Waals surface area contributed by atoms with E-state index in [1.165, 1.54) is 5.56 Å². The Bertz CT molecular complexity index is 1090. The molecule has 0 aliphatic rings. The van der Waals surface area contributed by atoms with Crippen LogP contribution in [0.4, 0.5) is 10.9 Å². The summed E-state index contributed by atoms with van der Waals surface area (Å²) < 4.78 is 0.957. The van der Waals surface area contributed by atoms with Crippen molar-refractivity contribution in [2.75, 3.05) is 30.3 Å². The highest BCUT2D eigenvalue weighted by atomic mass is 32.2. The number of unbranched alkanes of at least 4 members (excludes halogenated alkanes) is 2. The second kappa shape index (κ2) is 11.8. The fourth-order valence-corrected chi connectivity index (χ4v) is 4.82. The van der Waals surface area contributed by atoms with E-state index < -0.39 is 0 Å². The van der Waals surface area contributed by atoms with Gasteiger partial charge in [0.1, 0.15) is 4.70 Å². The van der Waals surface area contributed by atoms with E-state index in [9.17, 15) is 0 Å². The van der Waals surface area contributed by atoms with Crippen LogP contribution in [0, 0.1) is 0 Å². The minimum absolute atomic E-state index is 0.236. The molecule has 32 heavy (non-hydrogen) atoms. The predicted molar refractivity (Wildman–Crippen MR) is 131 cm³/mol. The van der Waals surface area contributed by atoms with Crippen LogP contribution in [0.5, 0.6) is 0 Å². The van der Waals surface area contributed by atoms with E-state index in [1.807, 2.05) is 24.4 Å². The highest BCUT2D eigenvalue weighted by Gasteiger charge is 2.14. The Hall–Kier alpha value is -2.69. The fraction of sp³-hybridized carbons (Fsp3) is 0.364. The summed E-state index contributed by atoms with van der Waals surface area (Å²) in [7, 11) is 0. The van der Waals surface area contributed by atoms with Crippen LogP contribution in [-0.4, -0.2) is 49.7 Å². The monoisotopic (exact) mass is 469 g/mol. The van der Waals surface area contributed by atoms with E-state index in [0.717, 1.165) is 65.9 Å². The molecule has 4 aromatic rings. The first-order chi connectivity index (χ1) is 15.8. The van der Waals surface area contributed by atoms with Crippen molar-refractivity contribution in [3.63, 3.8) is 0 Å². The standard InChI is InChI=1S/C22H27N7OS2/c30-12-6-2-5-10-24-19-18-20(28-21(32-18)25-11-9-17-13-23-15-26-17)29-22(27-19)31-14-16-7-3-1-4-8-16/h1,3-4,7-8,13,15,30H,2,5-6,9-12,14H2,(H,23,26)(H2,24,25,27,28,29). The maximum Gasteiger partial charge on any atom is 0.191 e. The maximum absolute atomic E-state index is 8.98. The van der Waals surface area contributed by atoms with E-state index in [2.05, 4.69) is 32.7 Å². The number of hydrogen-bond acceptors (Lipinski definition) is 9. The third-order valence-electron chi connectivity index (χ3n) is 4.78. The van der Waals surface area contributed by atoms with Gasteiger partial charge in [0.15, 0.2) is 21.8 Å². The number of thioether (sulfide) groups is 1. The molecule has 0 amide bonds. The van der Waals surface area contributed by atoms with Gasteiger partial charge in [-0.3, -0.25) is 0 Å². The van der Waals surface area contributed by atoms with Crippen LogP contribution in [0.3, 0.4) is 0 Å². The molecule has 0 atom stereocenters. The number of nitrogens with one attached hydrogen (secondary N) is 3. The second-order valence-electron chi connectivity index (χ2n) is 7.25. The first-order valence-electron chi connectivity index (χ1n) is 10.7. The molecule has 1 aromatic carbocycles. The summed E-state index contributed by atoms with van der Waals surface area (Å²) in [5.74, 6) is 1.63. The number of aromatic nitrogens is 5. The third-order valence-corrected chi connectivity index (χ3v) is 6.71. The summed E-state index contributed by atoms with van der Waals surface area (Å²) in [5.41, 5.74) is 2.96. The van der Waals surface area contributed by atoms with Gasteiger partial charge >= 0.3 is 0 Å². The van der Waals surface area contributed by atoms with Crippen LogP contribution in [0.25, 0.3) is 10.3 Å². The first-order valence-corrected chi connectivity index (χ1v) is 12.5. The molecule has 0 spiro atoms. The molecule has 4 N–H and O–H groups in total. The van der Waals surface area contributed by atoms with Crippen molar-refractivity contribution in [1.82, 2.24) is 24.9 Å². The van der Waals surface area contributed by atoms with Crippen LogP contribution in [0.1, 0.15) is 30.5 Å². The number of aliphatic hydroxyl groups excluding tert-OH is 1. The number of aromatic amines is 1. The second-order valence-corrected chi connectivity index (χ2v) is 9.19. The molecule has 0 saturated heterocycles. The smallest absolute Gasteiger partial charge is 0.191 e. The summed E-state index contributed by atoms with van der Waals surface area (Å²) in [6, 6.07) is 10.3. The molecule has 0 aliphatic heterocycles. The van der Waals surface area contributed by atoms with Gasteiger partial charge in [-0.1, -0.05) is 53.4 Å². The van der Waals surface area contributed by atoms with Crippen molar-refractivity contribution >= 4 is 44.4 Å². The Kier molecular flexibility index (Phi) is 8.29. The van der Waals surface area contributed by atoms with Crippen molar-refractivity contribution in [1.29, 1.82) is 0 Å². The van der Waals surface area contributed by atoms with Gasteiger partial charge < -0.3 is 20.7 Å². The molecule has 168 valence electrons. The van der Waals surface area contributed by atoms with Gasteiger partial charge in [0.2, 0.25) is 0 Å². The van der Waals surface area contributed by atoms with Crippen molar-refractivity contribution in [2.45, 2.75) is 36.6 Å². The molecule has 3 aromatic heterocycles. The highest BCUT2D eigenvalue weighted by molar-refractivity contribution is 7.98. The molecule has 10 heteroatoms. The van der Waals surface area contributed by atoms with Crippen molar-refractivity contribution in [3.05, 3.63) is 54.1 Å². The quantitative estimate of drug-likeness (QED) is 0.130. The topological polar surface area (TPSA) is 112 Å². The van der Waals surface area contributed by atoms with Gasteiger partial charge in [-0.15, -0.1) is 0 Å². The van der Waals surface area contributed by atoms with E-state index in [1.54, 1.807) is 29.4 Å². The van der Waals surface area contributed by atoms with E-state index in [0.29, 0.717) is 10.8 Å². The van der Waals surface area contributed by atoms with E-state index in [4.69, 9.17) is 20.1 Å². The molecule has 3 heterocycles. The minimum atomic E-state index is 0.236. The number of fused-ring (bicyclic) bond motifs is 1. The Balaban J connectivity index is 1.47. The number of rotatable bonds is 13. The lowest BCUT2D eigenvalue weighted by molar-refractivity contribution is 0.283. The van der Waals surface area contributed by atoms with Crippen LogP contribution in [-0.2, 0) is 12.2 Å². The van der Waals surface area contributed by atoms with Crippen LogP contribution < -0.4 is 10.6 Å². The number of anilines is 2. The summed E-state index contributed by atoms with van der Waals surface area (Å²) in [6.07, 6.45) is 7.20. The summed E-state index contributed by atoms with van der Waals surface area (Å²) in [4.78, 5) is 21.4. The van der Waals surface area contributed by atoms with E-state index in [-0.39, 0.29) is 6.61 Å². The molecule has 0 aliphatic carbocycles. The molecular weight excluding hydrogens is 442 g/mol. The van der Waals surface area contributed by atoms with Crippen molar-refractivity contribution < 1.29 is 5.11 Å². The van der Waals surface area contributed by atoms with Gasteiger partial charge in [0, 0.05) is 38.1 Å². The highest BCUT2D eigenvalue weighted by Crippen LogP contribution is 2.32. The predicted octanol–water partition coefficient (Wildman–Crippen LogP) is 4.33. The van der Waals surface area contributed by atoms with Crippen LogP contribution >= 0.6 is 23.1 Å². The number of aliphatic hydroxyl groups is 1. The summed E-state index contributed by atoms with van der Waals surface area (Å²) in [5, 5.41) is 17.4. The number of hydrogen-bond donors (Lipinski definition) is 4. The number of benzene rings is 1. The van der Waals surface area contributed by atoms with Gasteiger partial charge in [-0.05, 0) is 24.8 Å². The van der Waals surface area contributed by atoms with Crippen LogP contribution in [0.2, 0.25) is 0 Å². The zero-order valence-electron chi connectivity index (χ0n) is 17.8. The molecule has 0 bridgehead atoms. The number of H-pyrrole nitrogens is 1. The minimum Gasteiger partial charge on any atom is -0.396 e. The average Bonchev–Trinajstić information content (AvgIpc) is 3.48. The van der Waals surface area contributed by atoms with Crippen LogP contribution in [0.15, 0.2) is 48.0 Å². The fourth-order valence-electron chi connectivity index (χ4n) is 3.13. The molecule has 0 fully saturated rings. The SMILES string of the molecule is OCCCCCNc1nc(SCc2ccccc2)nc2nc(NCCc3c[nH]cn3)sc12. The van der Waals surface area contributed by atoms with Gasteiger partial charge in [-0.25, -0.2) is 15.0 Å². The lowest BCUT2D eigenvalue weighted by Crippen LogP contribution is -2.05. The zero-order valence-corrected chi connectivity index (χ0v) is 19.4. The number of imidazole rings is 1. The molecule has 0 saturated carbocycles. The Morgan fingerprint density at radius 3 is 2.72 bits per heavy atom. The average molecular weight is 470 g/mol. The Morgan fingerprint density at radius 1 is 1.00 bits per heavy atom. The lowest BCUT2D eigenvalue weighted by Gasteiger charge is -2.08. The number of thiazole rings is 1. The van der Waals surface area contributed by atoms with Gasteiger partial charge in [0.05, 0.1) is 12.0 Å². The molecule has 8 nitrogen and oxygen atoms in total. The van der Waals surface area contributed by atoms with Gasteiger partial charge in [0.25, 0.3) is 0 Å². The lowest BCUT2D eigenvalue weighted by atomic mass is 10.2. The normalized spacial score (nSPS) is 11.2. The van der Waals surface area contributed by atoms with Gasteiger partial charge in [-0.2, -0.15) is 4.98 Å². The Morgan fingerprint density at radius 2 is 1.91 bits per heavy atom. The zero-order chi connectivity index (χ0) is 22.0. The molecule has 0 unspecified atom stereocenters. The van der Waals surface area contributed by atoms with Crippen molar-refractivity contribution in [3.8, 4) is 0 Å². The Labute approximate surface area is 195 Å². The molecular formula is C22H27N7OS2. The molecule has 4 rings (SSSR count). The third kappa shape index (κ3) is 6.41. The number of nitrogens with zero attached hydrogens (tertiary/aromatic N) is 4. The van der Waals surface area contributed by atoms with E-state index >= 15 is 0 Å². The largest absolute Gasteiger partial charge is 0.396 e. The molecule has 0 radical (unpaired) electrons. The maximum atomic E-state index is 8.98.